The summed E-state index contributed by atoms with van der Waals surface area (Å²) in [5.41, 5.74) is 9.04. The van der Waals surface area contributed by atoms with Gasteiger partial charge in [-0.2, -0.15) is 0 Å². The van der Waals surface area contributed by atoms with Crippen LogP contribution in [0, 0.1) is 13.8 Å². The van der Waals surface area contributed by atoms with E-state index in [0.29, 0.717) is 12.2 Å². The van der Waals surface area contributed by atoms with E-state index in [9.17, 15) is 4.79 Å². The molecule has 98 valence electrons. The van der Waals surface area contributed by atoms with Crippen LogP contribution < -0.4 is 10.5 Å². The molecule has 0 aromatic heterocycles. The van der Waals surface area contributed by atoms with E-state index in [-0.39, 0.29) is 0 Å². The minimum Gasteiger partial charge on any atom is -0.489 e. The molecular weight excluding hydrogens is 238 g/mol. The van der Waals surface area contributed by atoms with E-state index in [1.807, 2.05) is 31.2 Å². The Hall–Kier alpha value is -2.29. The summed E-state index contributed by atoms with van der Waals surface area (Å²) in [6.45, 7) is 4.56. The number of aryl methyl sites for hydroxylation is 2. The SMILES string of the molecule is Cc1ccc(OCc2ccc(C(N)=O)cc2)c(C)c1. The van der Waals surface area contributed by atoms with Crippen LogP contribution in [0.3, 0.4) is 0 Å². The molecule has 0 saturated carbocycles. The van der Waals surface area contributed by atoms with Crippen LogP contribution in [0.4, 0.5) is 0 Å². The highest BCUT2D eigenvalue weighted by Crippen LogP contribution is 2.20. The summed E-state index contributed by atoms with van der Waals surface area (Å²) in [5, 5.41) is 0. The molecule has 3 nitrogen and oxygen atoms in total. The Labute approximate surface area is 113 Å². The number of carbonyl (C=O) groups excluding carboxylic acids is 1. The second-order valence-electron chi connectivity index (χ2n) is 4.62. The Bertz CT molecular complexity index is 588. The molecule has 0 spiro atoms. The predicted molar refractivity (Wildman–Crippen MR) is 75.2 cm³/mol. The Morgan fingerprint density at radius 2 is 1.79 bits per heavy atom. The van der Waals surface area contributed by atoms with E-state index in [1.165, 1.54) is 5.56 Å². The topological polar surface area (TPSA) is 52.3 Å². The van der Waals surface area contributed by atoms with Crippen molar-refractivity contribution in [3.8, 4) is 5.75 Å². The van der Waals surface area contributed by atoms with Crippen molar-refractivity contribution in [2.24, 2.45) is 5.73 Å². The summed E-state index contributed by atoms with van der Waals surface area (Å²) in [5.74, 6) is 0.464. The maximum Gasteiger partial charge on any atom is 0.248 e. The van der Waals surface area contributed by atoms with Gasteiger partial charge in [0.1, 0.15) is 12.4 Å². The first-order chi connectivity index (χ1) is 9.06. The van der Waals surface area contributed by atoms with Crippen molar-refractivity contribution in [1.82, 2.24) is 0 Å². The van der Waals surface area contributed by atoms with Crippen molar-refractivity contribution in [2.75, 3.05) is 0 Å². The average Bonchev–Trinajstić information content (AvgIpc) is 2.38. The molecule has 2 N–H and O–H groups in total. The Balaban J connectivity index is 2.04. The smallest absolute Gasteiger partial charge is 0.248 e. The van der Waals surface area contributed by atoms with E-state index < -0.39 is 5.91 Å². The first-order valence-corrected chi connectivity index (χ1v) is 6.15. The lowest BCUT2D eigenvalue weighted by Crippen LogP contribution is -2.10. The van der Waals surface area contributed by atoms with Gasteiger partial charge >= 0.3 is 0 Å². The highest BCUT2D eigenvalue weighted by molar-refractivity contribution is 5.92. The zero-order valence-corrected chi connectivity index (χ0v) is 11.1. The van der Waals surface area contributed by atoms with Crippen molar-refractivity contribution < 1.29 is 9.53 Å². The fourth-order valence-corrected chi connectivity index (χ4v) is 1.89. The van der Waals surface area contributed by atoms with Crippen LogP contribution in [-0.4, -0.2) is 5.91 Å². The van der Waals surface area contributed by atoms with Gasteiger partial charge in [0, 0.05) is 5.56 Å². The van der Waals surface area contributed by atoms with Gasteiger partial charge < -0.3 is 10.5 Å². The zero-order valence-electron chi connectivity index (χ0n) is 11.1. The first-order valence-electron chi connectivity index (χ1n) is 6.15. The highest BCUT2D eigenvalue weighted by atomic mass is 16.5. The molecule has 0 unspecified atom stereocenters. The van der Waals surface area contributed by atoms with Gasteiger partial charge in [0.05, 0.1) is 0 Å². The maximum atomic E-state index is 11.0. The number of ether oxygens (including phenoxy) is 1. The van der Waals surface area contributed by atoms with Gasteiger partial charge in [0.2, 0.25) is 5.91 Å². The standard InChI is InChI=1S/C16H17NO2/c1-11-3-8-15(12(2)9-11)19-10-13-4-6-14(7-5-13)16(17)18/h3-9H,10H2,1-2H3,(H2,17,18). The lowest BCUT2D eigenvalue weighted by molar-refractivity contribution is 0.1000. The summed E-state index contributed by atoms with van der Waals surface area (Å²) in [6, 6.07) is 13.2. The van der Waals surface area contributed by atoms with Gasteiger partial charge in [-0.15, -0.1) is 0 Å². The Morgan fingerprint density at radius 1 is 1.11 bits per heavy atom. The molecular formula is C16H17NO2. The van der Waals surface area contributed by atoms with E-state index in [4.69, 9.17) is 10.5 Å². The van der Waals surface area contributed by atoms with Crippen molar-refractivity contribution in [2.45, 2.75) is 20.5 Å². The number of nitrogens with two attached hydrogens (primary N) is 1. The fourth-order valence-electron chi connectivity index (χ4n) is 1.89. The third-order valence-electron chi connectivity index (χ3n) is 2.96. The van der Waals surface area contributed by atoms with Crippen LogP contribution in [0.15, 0.2) is 42.5 Å². The molecule has 1 amide bonds. The average molecular weight is 255 g/mol. The molecule has 2 aromatic carbocycles. The molecule has 0 aliphatic carbocycles. The lowest BCUT2D eigenvalue weighted by Gasteiger charge is -2.10. The van der Waals surface area contributed by atoms with Crippen molar-refractivity contribution in [3.63, 3.8) is 0 Å². The molecule has 19 heavy (non-hydrogen) atoms. The molecule has 0 saturated heterocycles. The van der Waals surface area contributed by atoms with Crippen LogP contribution in [-0.2, 0) is 6.61 Å². The minimum atomic E-state index is -0.415. The number of primary amides is 1. The van der Waals surface area contributed by atoms with Crippen molar-refractivity contribution in [3.05, 3.63) is 64.7 Å². The number of hydrogen-bond donors (Lipinski definition) is 1. The third kappa shape index (κ3) is 3.35. The summed E-state index contributed by atoms with van der Waals surface area (Å²) in [6.07, 6.45) is 0. The summed E-state index contributed by atoms with van der Waals surface area (Å²) in [4.78, 5) is 11.0. The first kappa shape index (κ1) is 13.1. The second kappa shape index (κ2) is 5.57. The maximum absolute atomic E-state index is 11.0. The van der Waals surface area contributed by atoms with Gasteiger partial charge in [0.15, 0.2) is 0 Å². The number of rotatable bonds is 4. The number of amides is 1. The highest BCUT2D eigenvalue weighted by Gasteiger charge is 2.02. The molecule has 0 atom stereocenters. The fraction of sp³-hybridized carbons (Fsp3) is 0.188. The van der Waals surface area contributed by atoms with Gasteiger partial charge in [-0.1, -0.05) is 29.8 Å². The summed E-state index contributed by atoms with van der Waals surface area (Å²) >= 11 is 0. The lowest BCUT2D eigenvalue weighted by atomic mass is 10.1. The van der Waals surface area contributed by atoms with Gasteiger partial charge in [-0.25, -0.2) is 0 Å². The summed E-state index contributed by atoms with van der Waals surface area (Å²) in [7, 11) is 0. The van der Waals surface area contributed by atoms with Gasteiger partial charge in [0.25, 0.3) is 0 Å². The molecule has 3 heteroatoms. The van der Waals surface area contributed by atoms with E-state index in [0.717, 1.165) is 16.9 Å². The Morgan fingerprint density at radius 3 is 2.37 bits per heavy atom. The normalized spacial score (nSPS) is 10.2. The van der Waals surface area contributed by atoms with Crippen LogP contribution in [0.2, 0.25) is 0 Å². The van der Waals surface area contributed by atoms with E-state index in [1.54, 1.807) is 12.1 Å². The predicted octanol–water partition coefficient (Wildman–Crippen LogP) is 2.98. The zero-order chi connectivity index (χ0) is 13.8. The molecule has 0 radical (unpaired) electrons. The molecule has 0 aliphatic rings. The molecule has 2 aromatic rings. The third-order valence-corrected chi connectivity index (χ3v) is 2.96. The van der Waals surface area contributed by atoms with Crippen LogP contribution >= 0.6 is 0 Å². The Kier molecular flexibility index (Phi) is 3.85. The molecule has 0 fully saturated rings. The number of benzene rings is 2. The van der Waals surface area contributed by atoms with Gasteiger partial charge in [-0.05, 0) is 43.2 Å². The monoisotopic (exact) mass is 255 g/mol. The van der Waals surface area contributed by atoms with Crippen LogP contribution in [0.5, 0.6) is 5.75 Å². The van der Waals surface area contributed by atoms with E-state index in [2.05, 4.69) is 13.0 Å². The quantitative estimate of drug-likeness (QED) is 0.913. The minimum absolute atomic E-state index is 0.415. The van der Waals surface area contributed by atoms with Crippen molar-refractivity contribution in [1.29, 1.82) is 0 Å². The number of carbonyl (C=O) groups is 1. The summed E-state index contributed by atoms with van der Waals surface area (Å²) < 4.78 is 5.76. The molecule has 0 heterocycles. The van der Waals surface area contributed by atoms with E-state index >= 15 is 0 Å². The molecule has 0 bridgehead atoms. The number of hydrogen-bond acceptors (Lipinski definition) is 2. The van der Waals surface area contributed by atoms with Gasteiger partial charge in [-0.3, -0.25) is 4.79 Å². The van der Waals surface area contributed by atoms with Crippen LogP contribution in [0.1, 0.15) is 27.0 Å². The van der Waals surface area contributed by atoms with Crippen LogP contribution in [0.25, 0.3) is 0 Å². The largest absolute Gasteiger partial charge is 0.489 e. The van der Waals surface area contributed by atoms with Crippen molar-refractivity contribution >= 4 is 5.91 Å². The second-order valence-corrected chi connectivity index (χ2v) is 4.62. The molecule has 0 aliphatic heterocycles. The molecule has 2 rings (SSSR count).